The van der Waals surface area contributed by atoms with Gasteiger partial charge in [0.15, 0.2) is 11.4 Å². The maximum absolute atomic E-state index is 13.2. The molecule has 11 heteroatoms. The van der Waals surface area contributed by atoms with Gasteiger partial charge in [0.05, 0.1) is 16.8 Å². The van der Waals surface area contributed by atoms with Gasteiger partial charge < -0.3 is 10.4 Å². The van der Waals surface area contributed by atoms with Crippen molar-refractivity contribution < 1.29 is 23.8 Å². The number of anilines is 3. The maximum Gasteiger partial charge on any atom is 0.274 e. The highest BCUT2D eigenvalue weighted by Crippen LogP contribution is 2.49. The van der Waals surface area contributed by atoms with Crippen LogP contribution in [0.1, 0.15) is 23.3 Å². The predicted molar refractivity (Wildman–Crippen MR) is 140 cm³/mol. The van der Waals surface area contributed by atoms with Crippen molar-refractivity contribution in [2.45, 2.75) is 12.8 Å². The summed E-state index contributed by atoms with van der Waals surface area (Å²) in [5.74, 6) is -1.21. The Balaban J connectivity index is 1.55. The van der Waals surface area contributed by atoms with Gasteiger partial charge in [-0.1, -0.05) is 36.4 Å². The van der Waals surface area contributed by atoms with Gasteiger partial charge in [0.1, 0.15) is 5.82 Å². The molecule has 0 unspecified atom stereocenters. The zero-order valence-electron chi connectivity index (χ0n) is 18.7. The van der Waals surface area contributed by atoms with E-state index in [0.29, 0.717) is 24.3 Å². The van der Waals surface area contributed by atoms with Crippen molar-refractivity contribution in [2.75, 3.05) is 28.0 Å². The Morgan fingerprint density at radius 3 is 2.20 bits per heavy atom. The molecule has 184 valence electrons. The fourth-order valence-electron chi connectivity index (χ4n) is 3.76. The molecule has 1 aromatic heterocycles. The molecule has 1 fully saturated rings. The summed E-state index contributed by atoms with van der Waals surface area (Å²) in [6, 6.07) is 19.5. The highest BCUT2D eigenvalue weighted by Gasteiger charge is 2.30. The molecule has 2 amide bonds. The molecule has 1 saturated heterocycles. The lowest BCUT2D eigenvalue weighted by atomic mass is 10.2. The average molecular weight is 561 g/mol. The zero-order valence-corrected chi connectivity index (χ0v) is 21.1. The molecule has 2 heterocycles. The molecule has 9 nitrogen and oxygen atoms in total. The molecule has 0 atom stereocenters. The lowest BCUT2D eigenvalue weighted by molar-refractivity contribution is -0.117. The zero-order chi connectivity index (χ0) is 25.0. The number of amides is 2. The highest BCUT2D eigenvalue weighted by molar-refractivity contribution is 9.10. The topological polar surface area (TPSA) is 126 Å². The van der Waals surface area contributed by atoms with Crippen LogP contribution in [0.4, 0.5) is 17.2 Å². The Morgan fingerprint density at radius 1 is 1.03 bits per heavy atom. The monoisotopic (exact) mass is 560 g/mol. The number of aromatic nitrogens is 1. The third-order valence-corrected chi connectivity index (χ3v) is 7.98. The van der Waals surface area contributed by atoms with Gasteiger partial charge in [0.25, 0.3) is 11.8 Å². The Kier molecular flexibility index (Phi) is 7.60. The summed E-state index contributed by atoms with van der Waals surface area (Å²) >= 11 is 3.21. The Labute approximate surface area is 213 Å². The van der Waals surface area contributed by atoms with Gasteiger partial charge in [0, 0.05) is 24.0 Å². The van der Waals surface area contributed by atoms with Crippen LogP contribution in [0.25, 0.3) is 0 Å². The summed E-state index contributed by atoms with van der Waals surface area (Å²) in [6.45, 7) is -0.000302. The fourth-order valence-corrected chi connectivity index (χ4v) is 5.78. The molecular weight excluding hydrogens is 536 g/mol. The number of hydrogen-bond acceptors (Lipinski definition) is 7. The van der Waals surface area contributed by atoms with Crippen LogP contribution in [0.3, 0.4) is 0 Å². The van der Waals surface area contributed by atoms with Crippen molar-refractivity contribution in [3.05, 3.63) is 76.9 Å². The van der Waals surface area contributed by atoms with Gasteiger partial charge in [-0.2, -0.15) is 0 Å². The Bertz CT molecular complexity index is 1170. The van der Waals surface area contributed by atoms with E-state index in [4.69, 9.17) is 0 Å². The quantitative estimate of drug-likeness (QED) is 0.337. The van der Waals surface area contributed by atoms with Gasteiger partial charge in [0.2, 0.25) is 0 Å². The summed E-state index contributed by atoms with van der Waals surface area (Å²) in [5, 5.41) is 13.0. The summed E-state index contributed by atoms with van der Waals surface area (Å²) < 4.78 is 22.4. The molecule has 35 heavy (non-hydrogen) atoms. The number of rotatable bonds is 6. The van der Waals surface area contributed by atoms with Gasteiger partial charge in [-0.25, -0.2) is 4.98 Å². The molecule has 0 radical (unpaired) electrons. The molecular formula is C24H25BrN4O5S. The van der Waals surface area contributed by atoms with Crippen LogP contribution in [-0.4, -0.2) is 49.9 Å². The van der Waals surface area contributed by atoms with Gasteiger partial charge in [-0.15, -0.1) is 10.8 Å². The largest absolute Gasteiger partial charge is 0.504 e. The summed E-state index contributed by atoms with van der Waals surface area (Å²) in [7, 11) is -3.07. The SMILES string of the molecule is O=C(NCC(=O)N(c1ccccc1)c1ccccc1)c1nc(N2CCCCS2(O)O)cc(Br)c1O. The number of pyridine rings is 1. The molecule has 1 aliphatic rings. The molecule has 3 aromatic rings. The number of carbonyl (C=O) groups excluding carboxylic acids is 2. The second-order valence-corrected chi connectivity index (χ2v) is 10.9. The van der Waals surface area contributed by atoms with Crippen molar-refractivity contribution in [2.24, 2.45) is 0 Å². The second kappa shape index (κ2) is 10.6. The van der Waals surface area contributed by atoms with Crippen LogP contribution in [0.2, 0.25) is 0 Å². The molecule has 2 aromatic carbocycles. The molecule has 0 spiro atoms. The second-order valence-electron chi connectivity index (χ2n) is 7.89. The van der Waals surface area contributed by atoms with Crippen LogP contribution in [-0.2, 0) is 4.79 Å². The van der Waals surface area contributed by atoms with Crippen molar-refractivity contribution in [3.8, 4) is 5.75 Å². The number of benzene rings is 2. The molecule has 0 bridgehead atoms. The number of nitrogens with one attached hydrogen (secondary N) is 1. The van der Waals surface area contributed by atoms with E-state index in [9.17, 15) is 23.8 Å². The number of halogens is 1. The van der Waals surface area contributed by atoms with Gasteiger partial charge in [-0.3, -0.25) is 27.9 Å². The van der Waals surface area contributed by atoms with Crippen molar-refractivity contribution >= 4 is 55.7 Å². The normalized spacial score (nSPS) is 15.8. The molecule has 0 aliphatic carbocycles. The van der Waals surface area contributed by atoms with Crippen LogP contribution in [0.15, 0.2) is 71.2 Å². The van der Waals surface area contributed by atoms with Crippen LogP contribution in [0.5, 0.6) is 5.75 Å². The Hall–Kier alpha value is -3.12. The third kappa shape index (κ3) is 5.59. The number of carbonyl (C=O) groups is 2. The van der Waals surface area contributed by atoms with Crippen molar-refractivity contribution in [3.63, 3.8) is 0 Å². The minimum atomic E-state index is -3.07. The average Bonchev–Trinajstić information content (AvgIpc) is 2.85. The summed E-state index contributed by atoms with van der Waals surface area (Å²) in [4.78, 5) is 31.8. The molecule has 0 saturated carbocycles. The predicted octanol–water partition coefficient (Wildman–Crippen LogP) is 4.91. The first kappa shape index (κ1) is 25.0. The maximum atomic E-state index is 13.2. The van der Waals surface area contributed by atoms with Crippen LogP contribution < -0.4 is 14.5 Å². The highest BCUT2D eigenvalue weighted by atomic mass is 79.9. The van der Waals surface area contributed by atoms with Crippen LogP contribution in [0, 0.1) is 0 Å². The van der Waals surface area contributed by atoms with Gasteiger partial charge >= 0.3 is 0 Å². The first-order valence-electron chi connectivity index (χ1n) is 10.9. The summed E-state index contributed by atoms with van der Waals surface area (Å²) in [5.41, 5.74) is 0.951. The molecule has 4 rings (SSSR count). The van der Waals surface area contributed by atoms with E-state index in [1.165, 1.54) is 15.3 Å². The number of nitrogens with zero attached hydrogens (tertiary/aromatic N) is 3. The van der Waals surface area contributed by atoms with Crippen molar-refractivity contribution in [1.29, 1.82) is 0 Å². The van der Waals surface area contributed by atoms with Crippen LogP contribution >= 0.6 is 26.7 Å². The van der Waals surface area contributed by atoms with Crippen molar-refractivity contribution in [1.82, 2.24) is 10.3 Å². The number of aromatic hydroxyl groups is 1. The van der Waals surface area contributed by atoms with E-state index in [0.717, 1.165) is 6.42 Å². The van der Waals surface area contributed by atoms with E-state index in [-0.39, 0.29) is 28.3 Å². The standard InChI is InChI=1S/C24H25BrN4O5S/c25-19-15-20(28-13-7-8-14-35(28,33)34)27-22(23(19)31)24(32)26-16-21(30)29(17-9-3-1-4-10-17)18-11-5-2-6-12-18/h1-6,9-12,15,31,33-34H,7-8,13-14,16H2,(H,26,32). The smallest absolute Gasteiger partial charge is 0.274 e. The van der Waals surface area contributed by atoms with E-state index < -0.39 is 28.3 Å². The molecule has 1 aliphatic heterocycles. The Morgan fingerprint density at radius 2 is 1.63 bits per heavy atom. The first-order chi connectivity index (χ1) is 16.8. The van der Waals surface area contributed by atoms with E-state index in [1.807, 2.05) is 36.4 Å². The lowest BCUT2D eigenvalue weighted by Crippen LogP contribution is -2.38. The minimum absolute atomic E-state index is 0.154. The number of para-hydroxylation sites is 2. The van der Waals surface area contributed by atoms with E-state index in [2.05, 4.69) is 26.2 Å². The van der Waals surface area contributed by atoms with E-state index in [1.54, 1.807) is 24.3 Å². The minimum Gasteiger partial charge on any atom is -0.504 e. The van der Waals surface area contributed by atoms with Gasteiger partial charge in [-0.05, 0) is 53.0 Å². The lowest BCUT2D eigenvalue weighted by Gasteiger charge is -2.46. The first-order valence-corrected chi connectivity index (χ1v) is 13.4. The summed E-state index contributed by atoms with van der Waals surface area (Å²) in [6.07, 6.45) is 1.41. The molecule has 4 N–H and O–H groups in total. The fraction of sp³-hybridized carbons (Fsp3) is 0.208. The number of hydrogen-bond donors (Lipinski definition) is 4. The van der Waals surface area contributed by atoms with E-state index >= 15 is 0 Å². The third-order valence-electron chi connectivity index (χ3n) is 5.46.